The highest BCUT2D eigenvalue weighted by molar-refractivity contribution is 6.26. The molecule has 1 aliphatic carbocycles. The van der Waals surface area contributed by atoms with Gasteiger partial charge in [-0.2, -0.15) is 10.1 Å². The molecule has 41 heavy (non-hydrogen) atoms. The second-order valence-electron chi connectivity index (χ2n) is 9.64. The third-order valence-corrected chi connectivity index (χ3v) is 6.78. The number of rotatable bonds is 10. The van der Waals surface area contributed by atoms with Crippen LogP contribution < -0.4 is 20.8 Å². The molecular formula is C28H30N8O5. The van der Waals surface area contributed by atoms with Crippen LogP contribution in [0.25, 0.3) is 22.5 Å². The molecule has 2 aromatic heterocycles. The van der Waals surface area contributed by atoms with Crippen molar-refractivity contribution in [2.75, 3.05) is 38.2 Å². The number of hydrazine groups is 1. The van der Waals surface area contributed by atoms with E-state index in [-0.39, 0.29) is 12.4 Å². The number of carbonyl (C=O) groups excluding carboxylic acids is 2. The van der Waals surface area contributed by atoms with Gasteiger partial charge in [-0.15, -0.1) is 0 Å². The summed E-state index contributed by atoms with van der Waals surface area (Å²) in [6.07, 6.45) is 1.03. The van der Waals surface area contributed by atoms with Crippen LogP contribution in [-0.2, 0) is 17.9 Å². The van der Waals surface area contributed by atoms with E-state index in [1.165, 1.54) is 0 Å². The van der Waals surface area contributed by atoms with Gasteiger partial charge >= 0.3 is 6.03 Å². The van der Waals surface area contributed by atoms with Gasteiger partial charge in [-0.25, -0.2) is 9.80 Å². The Morgan fingerprint density at radius 1 is 1.12 bits per heavy atom. The number of nitrogens with zero attached hydrogens (tertiary/aromatic N) is 4. The van der Waals surface area contributed by atoms with E-state index in [0.717, 1.165) is 18.5 Å². The van der Waals surface area contributed by atoms with E-state index in [1.807, 2.05) is 18.2 Å². The number of urea groups is 1. The normalized spacial score (nSPS) is 14.5. The highest BCUT2D eigenvalue weighted by atomic mass is 16.5. The van der Waals surface area contributed by atoms with Gasteiger partial charge in [0.25, 0.3) is 5.89 Å². The van der Waals surface area contributed by atoms with Gasteiger partial charge in [-0.1, -0.05) is 24.2 Å². The summed E-state index contributed by atoms with van der Waals surface area (Å²) in [6, 6.07) is 12.2. The molecule has 0 saturated carbocycles. The minimum absolute atomic E-state index is 0.139. The topological polar surface area (TPSA) is 160 Å². The predicted molar refractivity (Wildman–Crippen MR) is 148 cm³/mol. The van der Waals surface area contributed by atoms with Gasteiger partial charge in [0.2, 0.25) is 0 Å². The average Bonchev–Trinajstić information content (AvgIpc) is 3.70. The molecule has 2 aromatic carbocycles. The number of fused-ring (bicyclic) bond motifs is 3. The van der Waals surface area contributed by atoms with Gasteiger partial charge in [0.1, 0.15) is 11.4 Å². The number of hydrogen-bond donors (Lipinski definition) is 4. The van der Waals surface area contributed by atoms with E-state index in [4.69, 9.17) is 14.0 Å². The molecule has 0 bridgehead atoms. The zero-order chi connectivity index (χ0) is 28.2. The molecule has 2 aliphatic rings. The van der Waals surface area contributed by atoms with Gasteiger partial charge in [0, 0.05) is 24.2 Å². The van der Waals surface area contributed by atoms with Crippen molar-refractivity contribution in [1.29, 1.82) is 0 Å². The summed E-state index contributed by atoms with van der Waals surface area (Å²) in [6.45, 7) is 5.95. The van der Waals surface area contributed by atoms with Crippen LogP contribution in [0.2, 0.25) is 0 Å². The molecule has 0 atom stereocenters. The molecular weight excluding hydrogens is 528 g/mol. The van der Waals surface area contributed by atoms with Gasteiger partial charge < -0.3 is 24.6 Å². The molecule has 13 heteroatoms. The van der Waals surface area contributed by atoms with Gasteiger partial charge in [0.15, 0.2) is 18.2 Å². The highest BCUT2D eigenvalue weighted by Crippen LogP contribution is 2.43. The summed E-state index contributed by atoms with van der Waals surface area (Å²) >= 11 is 0. The number of aromatic amines is 1. The zero-order valence-electron chi connectivity index (χ0n) is 22.5. The molecule has 1 fully saturated rings. The van der Waals surface area contributed by atoms with Gasteiger partial charge in [-0.3, -0.25) is 15.3 Å². The molecule has 4 aromatic rings. The number of anilines is 1. The fourth-order valence-electron chi connectivity index (χ4n) is 4.82. The van der Waals surface area contributed by atoms with E-state index < -0.39 is 6.03 Å². The largest absolute Gasteiger partial charge is 0.484 e. The van der Waals surface area contributed by atoms with Crippen molar-refractivity contribution >= 4 is 17.5 Å². The molecule has 0 spiro atoms. The first-order valence-electron chi connectivity index (χ1n) is 13.5. The molecule has 212 valence electrons. The number of benzene rings is 2. The summed E-state index contributed by atoms with van der Waals surface area (Å²) in [5, 5.41) is 19.2. The fraction of sp³-hybridized carbons (Fsp3) is 0.321. The van der Waals surface area contributed by atoms with Gasteiger partial charge in [-0.05, 0) is 43.3 Å². The number of morpholine rings is 1. The molecule has 6 rings (SSSR count). The van der Waals surface area contributed by atoms with Crippen LogP contribution in [0, 0.1) is 0 Å². The number of H-pyrrole nitrogens is 1. The lowest BCUT2D eigenvalue weighted by atomic mass is 10.0. The number of aromatic nitrogens is 4. The Morgan fingerprint density at radius 2 is 1.95 bits per heavy atom. The van der Waals surface area contributed by atoms with Crippen LogP contribution in [0.15, 0.2) is 47.0 Å². The molecule has 1 aliphatic heterocycles. The lowest BCUT2D eigenvalue weighted by molar-refractivity contribution is 0.0207. The maximum atomic E-state index is 13.6. The SMILES string of the molecule is CCCNCc1noc(COc2ccc(-c3n[nH]c4c3C(=O)c3c(NC(=O)NN5CCOCC5)cccc3-4)cc2)n1. The Balaban J connectivity index is 1.13. The van der Waals surface area contributed by atoms with Crippen LogP contribution in [-0.4, -0.2) is 70.0 Å². The van der Waals surface area contributed by atoms with E-state index >= 15 is 0 Å². The first-order chi connectivity index (χ1) is 20.1. The summed E-state index contributed by atoms with van der Waals surface area (Å²) in [7, 11) is 0. The molecule has 2 amide bonds. The summed E-state index contributed by atoms with van der Waals surface area (Å²) in [5.74, 6) is 1.37. The third kappa shape index (κ3) is 5.68. The number of amides is 2. The minimum Gasteiger partial charge on any atom is -0.484 e. The van der Waals surface area contributed by atoms with E-state index in [2.05, 4.69) is 43.3 Å². The maximum absolute atomic E-state index is 13.6. The maximum Gasteiger partial charge on any atom is 0.333 e. The van der Waals surface area contributed by atoms with Crippen LogP contribution in [0.4, 0.5) is 10.5 Å². The second-order valence-corrected chi connectivity index (χ2v) is 9.64. The Morgan fingerprint density at radius 3 is 2.76 bits per heavy atom. The Hall–Kier alpha value is -4.59. The van der Waals surface area contributed by atoms with Crippen molar-refractivity contribution < 1.29 is 23.6 Å². The lowest BCUT2D eigenvalue weighted by Gasteiger charge is -2.27. The van der Waals surface area contributed by atoms with Crippen LogP contribution in [0.1, 0.15) is 41.0 Å². The lowest BCUT2D eigenvalue weighted by Crippen LogP contribution is -2.49. The number of hydrogen-bond acceptors (Lipinski definition) is 10. The van der Waals surface area contributed by atoms with Crippen molar-refractivity contribution in [1.82, 2.24) is 36.1 Å². The number of ketones is 1. The third-order valence-electron chi connectivity index (χ3n) is 6.78. The van der Waals surface area contributed by atoms with Crippen LogP contribution >= 0.6 is 0 Å². The summed E-state index contributed by atoms with van der Waals surface area (Å²) < 4.78 is 16.4. The molecule has 3 heterocycles. The Bertz CT molecular complexity index is 1540. The molecule has 0 unspecified atom stereocenters. The van der Waals surface area contributed by atoms with Crippen molar-refractivity contribution in [2.24, 2.45) is 0 Å². The fourth-order valence-corrected chi connectivity index (χ4v) is 4.82. The second kappa shape index (κ2) is 11.9. The Labute approximate surface area is 235 Å². The van der Waals surface area contributed by atoms with E-state index in [0.29, 0.717) is 84.1 Å². The first kappa shape index (κ1) is 26.6. The zero-order valence-corrected chi connectivity index (χ0v) is 22.5. The van der Waals surface area contributed by atoms with Crippen molar-refractivity contribution in [2.45, 2.75) is 26.5 Å². The first-order valence-corrected chi connectivity index (χ1v) is 13.5. The standard InChI is InChI=1S/C28H30N8O5/c1-2-10-29-15-21-31-22(41-35-21)16-40-18-8-6-17(7-9-18)25-24-26(33-32-25)19-4-3-5-20(23(19)27(24)37)30-28(38)34-36-11-13-39-14-12-36/h3-9,29H,2,10-16H2,1H3,(H,32,33)(H2,30,34,38). The molecule has 4 N–H and O–H groups in total. The van der Waals surface area contributed by atoms with Crippen LogP contribution in [0.3, 0.4) is 0 Å². The number of nitrogens with one attached hydrogen (secondary N) is 4. The summed E-state index contributed by atoms with van der Waals surface area (Å²) in [4.78, 5) is 30.6. The van der Waals surface area contributed by atoms with Crippen molar-refractivity contribution in [3.05, 3.63) is 65.3 Å². The monoisotopic (exact) mass is 558 g/mol. The molecule has 0 radical (unpaired) electrons. The molecule has 13 nitrogen and oxygen atoms in total. The predicted octanol–water partition coefficient (Wildman–Crippen LogP) is 3.12. The summed E-state index contributed by atoms with van der Waals surface area (Å²) in [5.41, 5.74) is 6.72. The average molecular weight is 559 g/mol. The van der Waals surface area contributed by atoms with Crippen molar-refractivity contribution in [3.63, 3.8) is 0 Å². The smallest absolute Gasteiger partial charge is 0.333 e. The quantitative estimate of drug-likeness (QED) is 0.188. The Kier molecular flexibility index (Phi) is 7.71. The minimum atomic E-state index is -0.414. The van der Waals surface area contributed by atoms with Crippen molar-refractivity contribution in [3.8, 4) is 28.3 Å². The number of ether oxygens (including phenoxy) is 2. The van der Waals surface area contributed by atoms with Gasteiger partial charge in [0.05, 0.1) is 42.3 Å². The van der Waals surface area contributed by atoms with Crippen LogP contribution in [0.5, 0.6) is 5.75 Å². The molecule has 1 saturated heterocycles. The number of carbonyl (C=O) groups is 2. The highest BCUT2D eigenvalue weighted by Gasteiger charge is 2.35. The van der Waals surface area contributed by atoms with E-state index in [1.54, 1.807) is 29.3 Å². The van der Waals surface area contributed by atoms with E-state index in [9.17, 15) is 9.59 Å².